The molecule has 0 radical (unpaired) electrons. The minimum absolute atomic E-state index is 0.0429. The number of aryl methyl sites for hydroxylation is 1. The highest BCUT2D eigenvalue weighted by Gasteiger charge is 2.50. The Bertz CT molecular complexity index is 1040. The molecular formula is C24H27N3O2. The molecule has 5 heteroatoms. The molecule has 2 fully saturated rings. The number of aliphatic hydroxyl groups is 1. The van der Waals surface area contributed by atoms with Gasteiger partial charge in [0.05, 0.1) is 23.0 Å². The van der Waals surface area contributed by atoms with Crippen molar-refractivity contribution in [3.63, 3.8) is 0 Å². The summed E-state index contributed by atoms with van der Waals surface area (Å²) in [6.07, 6.45) is 6.44. The largest absolute Gasteiger partial charge is 0.385 e. The van der Waals surface area contributed by atoms with Gasteiger partial charge in [-0.25, -0.2) is 4.98 Å². The fraction of sp³-hybridized carbons (Fsp3) is 0.417. The van der Waals surface area contributed by atoms with Crippen LogP contribution in [0.5, 0.6) is 0 Å². The van der Waals surface area contributed by atoms with Crippen molar-refractivity contribution in [3.8, 4) is 0 Å². The first-order valence-corrected chi connectivity index (χ1v) is 10.6. The molecule has 5 nitrogen and oxygen atoms in total. The Morgan fingerprint density at radius 2 is 1.90 bits per heavy atom. The molecule has 150 valence electrons. The molecule has 3 aromatic rings. The maximum absolute atomic E-state index is 13.6. The summed E-state index contributed by atoms with van der Waals surface area (Å²) in [7, 11) is 1.95. The molecule has 0 bridgehead atoms. The van der Waals surface area contributed by atoms with Crippen LogP contribution < -0.4 is 0 Å². The van der Waals surface area contributed by atoms with Gasteiger partial charge in [0.2, 0.25) is 0 Å². The van der Waals surface area contributed by atoms with E-state index in [-0.39, 0.29) is 17.9 Å². The zero-order chi connectivity index (χ0) is 20.0. The van der Waals surface area contributed by atoms with Crippen LogP contribution in [0.25, 0.3) is 11.0 Å². The number of fused-ring (bicyclic) bond motifs is 2. The van der Waals surface area contributed by atoms with Crippen molar-refractivity contribution in [1.82, 2.24) is 14.5 Å². The summed E-state index contributed by atoms with van der Waals surface area (Å²) in [6, 6.07) is 15.9. The van der Waals surface area contributed by atoms with Crippen molar-refractivity contribution < 1.29 is 9.90 Å². The van der Waals surface area contributed by atoms with Crippen LogP contribution in [0, 0.1) is 5.92 Å². The highest BCUT2D eigenvalue weighted by Crippen LogP contribution is 2.47. The normalized spacial score (nSPS) is 27.0. The number of amides is 1. The summed E-state index contributed by atoms with van der Waals surface area (Å²) in [5.41, 5.74) is 2.51. The van der Waals surface area contributed by atoms with Gasteiger partial charge in [0.15, 0.2) is 0 Å². The van der Waals surface area contributed by atoms with Crippen molar-refractivity contribution in [3.05, 3.63) is 66.0 Å². The van der Waals surface area contributed by atoms with Crippen LogP contribution in [0.3, 0.4) is 0 Å². The van der Waals surface area contributed by atoms with E-state index in [1.54, 1.807) is 6.33 Å². The molecular weight excluding hydrogens is 362 g/mol. The molecule has 2 aliphatic rings. The van der Waals surface area contributed by atoms with Gasteiger partial charge in [0, 0.05) is 25.6 Å². The Kier molecular flexibility index (Phi) is 4.43. The lowest BCUT2D eigenvalue weighted by atomic mass is 9.66. The number of nitrogens with zero attached hydrogens (tertiary/aromatic N) is 3. The first-order valence-electron chi connectivity index (χ1n) is 10.6. The average molecular weight is 389 g/mol. The van der Waals surface area contributed by atoms with Crippen molar-refractivity contribution in [1.29, 1.82) is 0 Å². The highest BCUT2D eigenvalue weighted by molar-refractivity contribution is 6.05. The lowest BCUT2D eigenvalue weighted by molar-refractivity contribution is -0.110. The molecule has 5 rings (SSSR count). The highest BCUT2D eigenvalue weighted by atomic mass is 16.3. The van der Waals surface area contributed by atoms with Gasteiger partial charge in [-0.2, -0.15) is 0 Å². The van der Waals surface area contributed by atoms with Crippen LogP contribution in [0.2, 0.25) is 0 Å². The Labute approximate surface area is 171 Å². The Hall–Kier alpha value is -2.66. The van der Waals surface area contributed by atoms with Gasteiger partial charge >= 0.3 is 0 Å². The molecule has 2 heterocycles. The zero-order valence-corrected chi connectivity index (χ0v) is 16.8. The smallest absolute Gasteiger partial charge is 0.256 e. The molecule has 0 spiro atoms. The Morgan fingerprint density at radius 3 is 2.72 bits per heavy atom. The van der Waals surface area contributed by atoms with Crippen molar-refractivity contribution in [2.75, 3.05) is 6.54 Å². The second-order valence-corrected chi connectivity index (χ2v) is 8.53. The lowest BCUT2D eigenvalue weighted by Gasteiger charge is -2.52. The van der Waals surface area contributed by atoms with E-state index < -0.39 is 5.60 Å². The number of hydrogen-bond donors (Lipinski definition) is 1. The van der Waals surface area contributed by atoms with E-state index in [1.807, 2.05) is 65.0 Å². The summed E-state index contributed by atoms with van der Waals surface area (Å²) in [5.74, 6) is 0.112. The Balaban J connectivity index is 1.51. The van der Waals surface area contributed by atoms with Gasteiger partial charge in [-0.3, -0.25) is 4.79 Å². The number of hydrogen-bond acceptors (Lipinski definition) is 3. The number of para-hydroxylation sites is 1. The van der Waals surface area contributed by atoms with Gasteiger partial charge in [-0.15, -0.1) is 0 Å². The standard InChI is InChI=1S/C24H27N3O2/c1-26-16-25-22-18(10-7-13-21(22)26)23(28)27-15-14-24(29,17-8-3-2-4-9-17)19-11-5-6-12-20(19)27/h2-4,7-10,13,16,19-20,29H,5-6,11-12,14-15H2,1H3/t19-,20+,24-/m0/s1. The van der Waals surface area contributed by atoms with E-state index in [9.17, 15) is 9.90 Å². The van der Waals surface area contributed by atoms with Crippen LogP contribution in [0.15, 0.2) is 54.9 Å². The summed E-state index contributed by atoms with van der Waals surface area (Å²) in [5, 5.41) is 11.7. The third kappa shape index (κ3) is 2.87. The average Bonchev–Trinajstić information content (AvgIpc) is 3.15. The van der Waals surface area contributed by atoms with E-state index in [1.165, 1.54) is 0 Å². The molecule has 1 aliphatic carbocycles. The van der Waals surface area contributed by atoms with Crippen LogP contribution in [-0.4, -0.2) is 38.1 Å². The van der Waals surface area contributed by atoms with Gasteiger partial charge in [-0.05, 0) is 37.0 Å². The molecule has 29 heavy (non-hydrogen) atoms. The number of piperidine rings is 1. The number of likely N-dealkylation sites (tertiary alicyclic amines) is 1. The van der Waals surface area contributed by atoms with E-state index in [0.717, 1.165) is 42.3 Å². The third-order valence-corrected chi connectivity index (χ3v) is 7.00. The number of rotatable bonds is 2. The summed E-state index contributed by atoms with van der Waals surface area (Å²) >= 11 is 0. The number of imidazole rings is 1. The molecule has 3 atom stereocenters. The van der Waals surface area contributed by atoms with Crippen molar-refractivity contribution >= 4 is 16.9 Å². The number of aromatic nitrogens is 2. The van der Waals surface area contributed by atoms with E-state index >= 15 is 0 Å². The maximum atomic E-state index is 13.6. The second-order valence-electron chi connectivity index (χ2n) is 8.53. The van der Waals surface area contributed by atoms with Crippen molar-refractivity contribution in [2.24, 2.45) is 13.0 Å². The number of carbonyl (C=O) groups is 1. The van der Waals surface area contributed by atoms with Gasteiger partial charge in [0.25, 0.3) is 5.91 Å². The van der Waals surface area contributed by atoms with Gasteiger partial charge in [-0.1, -0.05) is 49.2 Å². The monoisotopic (exact) mass is 389 g/mol. The van der Waals surface area contributed by atoms with Gasteiger partial charge in [0.1, 0.15) is 5.52 Å². The Morgan fingerprint density at radius 1 is 1.10 bits per heavy atom. The van der Waals surface area contributed by atoms with E-state index in [4.69, 9.17) is 0 Å². The quantitative estimate of drug-likeness (QED) is 0.724. The fourth-order valence-electron chi connectivity index (χ4n) is 5.51. The van der Waals surface area contributed by atoms with Crippen LogP contribution in [0.1, 0.15) is 48.0 Å². The van der Waals surface area contributed by atoms with E-state index in [2.05, 4.69) is 4.98 Å². The molecule has 1 saturated carbocycles. The maximum Gasteiger partial charge on any atom is 0.256 e. The molecule has 1 N–H and O–H groups in total. The zero-order valence-electron chi connectivity index (χ0n) is 16.8. The van der Waals surface area contributed by atoms with Crippen LogP contribution in [0.4, 0.5) is 0 Å². The lowest BCUT2D eigenvalue weighted by Crippen LogP contribution is -2.59. The summed E-state index contributed by atoms with van der Waals surface area (Å²) in [4.78, 5) is 20.1. The molecule has 1 aromatic heterocycles. The number of benzene rings is 2. The van der Waals surface area contributed by atoms with E-state index in [0.29, 0.717) is 18.5 Å². The topological polar surface area (TPSA) is 58.4 Å². The first-order chi connectivity index (χ1) is 14.1. The van der Waals surface area contributed by atoms with Gasteiger partial charge < -0.3 is 14.6 Å². The SMILES string of the molecule is Cn1cnc2c(C(=O)N3CC[C@](O)(c4ccccc4)[C@H]4CCCC[C@H]43)cccc21. The van der Waals surface area contributed by atoms with Crippen LogP contribution >= 0.6 is 0 Å². The first kappa shape index (κ1) is 18.4. The summed E-state index contributed by atoms with van der Waals surface area (Å²) in [6.45, 7) is 0.564. The fourth-order valence-corrected chi connectivity index (χ4v) is 5.51. The molecule has 1 aliphatic heterocycles. The van der Waals surface area contributed by atoms with Crippen molar-refractivity contribution in [2.45, 2.75) is 43.7 Å². The minimum Gasteiger partial charge on any atom is -0.385 e. The predicted octanol–water partition coefficient (Wildman–Crippen LogP) is 3.87. The molecule has 1 amide bonds. The molecule has 2 aromatic carbocycles. The van der Waals surface area contributed by atoms with Crippen LogP contribution in [-0.2, 0) is 12.6 Å². The molecule has 1 saturated heterocycles. The predicted molar refractivity (Wildman–Crippen MR) is 112 cm³/mol. The second kappa shape index (κ2) is 6.99. The third-order valence-electron chi connectivity index (χ3n) is 7.00. The minimum atomic E-state index is -0.861. The summed E-state index contributed by atoms with van der Waals surface area (Å²) < 4.78 is 1.94. The number of carbonyl (C=O) groups excluding carboxylic acids is 1. The molecule has 0 unspecified atom stereocenters.